The van der Waals surface area contributed by atoms with E-state index in [-0.39, 0.29) is 42.9 Å². The van der Waals surface area contributed by atoms with E-state index < -0.39 is 5.97 Å². The van der Waals surface area contributed by atoms with Crippen LogP contribution >= 0.6 is 31.9 Å². The quantitative estimate of drug-likeness (QED) is 0.236. The van der Waals surface area contributed by atoms with Gasteiger partial charge in [-0.3, -0.25) is 0 Å². The first-order valence-electron chi connectivity index (χ1n) is 8.05. The van der Waals surface area contributed by atoms with Crippen molar-refractivity contribution in [1.82, 2.24) is 0 Å². The molecule has 2 N–H and O–H groups in total. The predicted molar refractivity (Wildman–Crippen MR) is 108 cm³/mol. The Balaban J connectivity index is 2.31. The fourth-order valence-electron chi connectivity index (χ4n) is 3.22. The molecule has 0 unspecified atom stereocenters. The number of carboxylic acids is 1. The van der Waals surface area contributed by atoms with Crippen molar-refractivity contribution in [2.24, 2.45) is 0 Å². The molecule has 28 heavy (non-hydrogen) atoms. The second-order valence-corrected chi connectivity index (χ2v) is 10.6. The molecule has 2 aromatic rings. The molecule has 0 bridgehead atoms. The van der Waals surface area contributed by atoms with E-state index in [4.69, 9.17) is 4.42 Å². The molecular formula is C20H9Br2HgO5. The summed E-state index contributed by atoms with van der Waals surface area (Å²) < 4.78 is 7.55. The summed E-state index contributed by atoms with van der Waals surface area (Å²) in [6, 6.07) is 11.4. The minimum absolute atomic E-state index is 0.00461. The third kappa shape index (κ3) is 3.09. The SMILES string of the molecule is O=C(O)c1ccccc1-c1c2cc(Br)c(=O)cc-2oc2[c]([Hg])c(O)c(Br)cc12. The van der Waals surface area contributed by atoms with Gasteiger partial charge in [0.1, 0.15) is 0 Å². The number of fused-ring (bicyclic) bond motifs is 2. The van der Waals surface area contributed by atoms with Crippen molar-refractivity contribution in [3.8, 4) is 28.2 Å². The standard InChI is InChI=1S/C20H9Br2O5.Hg/c21-13-5-11-17(7-15(13)23)27-18-8-16(24)14(22)6-12(18)19(11)9-3-1-2-4-10(9)20(25)26;/h1-7,24H,(H,25,26);. The van der Waals surface area contributed by atoms with E-state index in [2.05, 4.69) is 31.9 Å². The number of phenols is 1. The molecule has 0 saturated heterocycles. The van der Waals surface area contributed by atoms with Crippen LogP contribution in [-0.2, 0) is 26.1 Å². The summed E-state index contributed by atoms with van der Waals surface area (Å²) in [7, 11) is 0. The molecular weight excluding hydrogens is 681 g/mol. The second-order valence-electron chi connectivity index (χ2n) is 6.17. The van der Waals surface area contributed by atoms with Gasteiger partial charge in [0.15, 0.2) is 0 Å². The Kier molecular flexibility index (Phi) is 5.10. The Labute approximate surface area is 191 Å². The van der Waals surface area contributed by atoms with E-state index in [1.807, 2.05) is 0 Å². The Bertz CT molecular complexity index is 1310. The van der Waals surface area contributed by atoms with E-state index in [9.17, 15) is 19.8 Å². The van der Waals surface area contributed by atoms with Crippen molar-refractivity contribution >= 4 is 51.9 Å². The average Bonchev–Trinajstić information content (AvgIpc) is 2.66. The Hall–Kier alpha value is -1.70. The summed E-state index contributed by atoms with van der Waals surface area (Å²) in [5.41, 5.74) is 2.13. The molecule has 0 radical (unpaired) electrons. The molecule has 0 atom stereocenters. The number of phenolic OH excluding ortho intramolecular Hbond substituents is 1. The van der Waals surface area contributed by atoms with Gasteiger partial charge in [-0.1, -0.05) is 0 Å². The van der Waals surface area contributed by atoms with Gasteiger partial charge in [-0.15, -0.1) is 0 Å². The number of hydrogen-bond donors (Lipinski definition) is 2. The number of carbonyl (C=O) groups is 1. The second kappa shape index (κ2) is 7.28. The van der Waals surface area contributed by atoms with Crippen molar-refractivity contribution < 1.29 is 45.5 Å². The molecule has 2 aliphatic rings. The van der Waals surface area contributed by atoms with Crippen molar-refractivity contribution in [3.63, 3.8) is 0 Å². The number of aromatic hydroxyl groups is 1. The van der Waals surface area contributed by atoms with E-state index in [1.54, 1.807) is 30.3 Å². The predicted octanol–water partition coefficient (Wildman–Crippen LogP) is 4.67. The maximum absolute atomic E-state index is 12.2. The summed E-state index contributed by atoms with van der Waals surface area (Å²) in [6.07, 6.45) is 0. The van der Waals surface area contributed by atoms with Crippen LogP contribution in [0.2, 0.25) is 0 Å². The van der Waals surface area contributed by atoms with Gasteiger partial charge in [-0.05, 0) is 0 Å². The van der Waals surface area contributed by atoms with Crippen LogP contribution in [-0.4, -0.2) is 16.2 Å². The molecule has 5 nitrogen and oxygen atoms in total. The van der Waals surface area contributed by atoms with Gasteiger partial charge >= 0.3 is 193 Å². The number of rotatable bonds is 2. The van der Waals surface area contributed by atoms with Gasteiger partial charge in [-0.25, -0.2) is 0 Å². The molecule has 0 amide bonds. The van der Waals surface area contributed by atoms with Gasteiger partial charge in [0.05, 0.1) is 0 Å². The number of hydrogen-bond acceptors (Lipinski definition) is 4. The molecule has 0 spiro atoms. The van der Waals surface area contributed by atoms with Crippen LogP contribution < -0.4 is 8.50 Å². The molecule has 0 fully saturated rings. The molecule has 8 heteroatoms. The van der Waals surface area contributed by atoms with Gasteiger partial charge in [-0.2, -0.15) is 0 Å². The number of halogens is 2. The first-order valence-corrected chi connectivity index (χ1v) is 12.4. The van der Waals surface area contributed by atoms with Crippen LogP contribution in [0.15, 0.2) is 60.6 Å². The van der Waals surface area contributed by atoms with Crippen molar-refractivity contribution in [3.05, 3.63) is 67.2 Å². The number of benzene rings is 3. The van der Waals surface area contributed by atoms with Gasteiger partial charge in [0.2, 0.25) is 0 Å². The van der Waals surface area contributed by atoms with Crippen LogP contribution in [0, 0.1) is 0 Å². The molecule has 1 aliphatic carbocycles. The zero-order valence-corrected chi connectivity index (χ0v) is 22.8. The van der Waals surface area contributed by atoms with Crippen molar-refractivity contribution in [1.29, 1.82) is 0 Å². The molecule has 0 aromatic heterocycles. The minimum atomic E-state index is -1.05. The van der Waals surface area contributed by atoms with Crippen molar-refractivity contribution in [2.45, 2.75) is 0 Å². The summed E-state index contributed by atoms with van der Waals surface area (Å²) in [5.74, 6) is -0.606. The van der Waals surface area contributed by atoms with E-state index in [1.165, 1.54) is 12.1 Å². The van der Waals surface area contributed by atoms with Crippen LogP contribution in [0.5, 0.6) is 5.75 Å². The number of aromatic carboxylic acids is 1. The summed E-state index contributed by atoms with van der Waals surface area (Å²) in [4.78, 5) is 24.0. The van der Waals surface area contributed by atoms with Crippen molar-refractivity contribution in [2.75, 3.05) is 0 Å². The Morgan fingerprint density at radius 3 is 2.46 bits per heavy atom. The van der Waals surface area contributed by atoms with E-state index in [0.29, 0.717) is 45.4 Å². The Morgan fingerprint density at radius 1 is 1.04 bits per heavy atom. The fourth-order valence-corrected chi connectivity index (χ4v) is 6.80. The van der Waals surface area contributed by atoms with E-state index >= 15 is 0 Å². The van der Waals surface area contributed by atoms with Crippen LogP contribution in [0.1, 0.15) is 10.4 Å². The zero-order valence-electron chi connectivity index (χ0n) is 14.1. The maximum atomic E-state index is 12.2. The molecule has 1 aliphatic heterocycles. The summed E-state index contributed by atoms with van der Waals surface area (Å²) in [6.45, 7) is 0. The third-order valence-electron chi connectivity index (χ3n) is 4.51. The summed E-state index contributed by atoms with van der Waals surface area (Å²) >= 11 is 6.64. The van der Waals surface area contributed by atoms with Gasteiger partial charge in [0, 0.05) is 0 Å². The van der Waals surface area contributed by atoms with Gasteiger partial charge in [0.25, 0.3) is 0 Å². The average molecular weight is 690 g/mol. The van der Waals surface area contributed by atoms with Crippen LogP contribution in [0.3, 0.4) is 0 Å². The molecule has 2 aromatic carbocycles. The number of carboxylic acid groups (broad SMARTS) is 1. The zero-order chi connectivity index (χ0) is 20.2. The topological polar surface area (TPSA) is 87.7 Å². The van der Waals surface area contributed by atoms with Crippen LogP contribution in [0.4, 0.5) is 0 Å². The first kappa shape index (κ1) is 19.6. The molecule has 1 heterocycles. The monoisotopic (exact) mass is 689 g/mol. The third-order valence-corrected chi connectivity index (χ3v) is 8.29. The molecule has 135 valence electrons. The fraction of sp³-hybridized carbons (Fsp3) is 0. The molecule has 0 saturated carbocycles. The Morgan fingerprint density at radius 2 is 1.75 bits per heavy atom. The first-order chi connectivity index (χ1) is 13.3. The molecule has 4 rings (SSSR count). The van der Waals surface area contributed by atoms with E-state index in [0.717, 1.165) is 0 Å². The van der Waals surface area contributed by atoms with Gasteiger partial charge < -0.3 is 0 Å². The summed E-state index contributed by atoms with van der Waals surface area (Å²) in [5, 5.41) is 20.7. The van der Waals surface area contributed by atoms with Crippen LogP contribution in [0.25, 0.3) is 33.4 Å². The normalized spacial score (nSPS) is 11.3.